The van der Waals surface area contributed by atoms with Gasteiger partial charge in [-0.2, -0.15) is 0 Å². The lowest BCUT2D eigenvalue weighted by atomic mass is 10.2. The van der Waals surface area contributed by atoms with Crippen LogP contribution in [-0.4, -0.2) is 5.91 Å². The molecule has 98 valence electrons. The molecule has 2 aromatic carbocycles. The first-order chi connectivity index (χ1) is 8.97. The lowest BCUT2D eigenvalue weighted by Gasteiger charge is -2.10. The van der Waals surface area contributed by atoms with Crippen LogP contribution in [-0.2, 0) is 0 Å². The molecule has 19 heavy (non-hydrogen) atoms. The molecule has 0 aliphatic heterocycles. The fourth-order valence-corrected chi connectivity index (χ4v) is 2.59. The van der Waals surface area contributed by atoms with E-state index in [0.717, 1.165) is 25.1 Å². The second kappa shape index (κ2) is 6.11. The van der Waals surface area contributed by atoms with Crippen LogP contribution in [0.25, 0.3) is 0 Å². The molecule has 0 saturated heterocycles. The Balaban J connectivity index is 2.30. The first kappa shape index (κ1) is 14.6. The average molecular weight is 401 g/mol. The molecule has 0 radical (unpaired) electrons. The van der Waals surface area contributed by atoms with E-state index in [1.807, 2.05) is 37.3 Å². The van der Waals surface area contributed by atoms with Crippen molar-refractivity contribution >= 4 is 56.1 Å². The maximum Gasteiger partial charge on any atom is 0.256 e. The molecule has 0 aliphatic carbocycles. The second-order valence-corrected chi connectivity index (χ2v) is 6.33. The fourth-order valence-electron chi connectivity index (χ4n) is 1.61. The topological polar surface area (TPSA) is 29.1 Å². The summed E-state index contributed by atoms with van der Waals surface area (Å²) in [6.07, 6.45) is 0. The van der Waals surface area contributed by atoms with Crippen LogP contribution >= 0.6 is 44.5 Å². The summed E-state index contributed by atoms with van der Waals surface area (Å²) in [7, 11) is 0. The molecule has 2 rings (SSSR count). The molecule has 1 N–H and O–H groups in total. The number of carbonyl (C=O) groups is 1. The molecule has 0 fully saturated rings. The van der Waals surface area contributed by atoms with Gasteiger partial charge in [0, 0.05) is 13.8 Å². The van der Waals surface area contributed by atoms with Crippen molar-refractivity contribution in [1.82, 2.24) is 0 Å². The van der Waals surface area contributed by atoms with E-state index in [1.54, 1.807) is 6.07 Å². The molecule has 0 bridgehead atoms. The Hall–Kier alpha value is -0.780. The van der Waals surface area contributed by atoms with Gasteiger partial charge in [0.05, 0.1) is 11.3 Å². The summed E-state index contributed by atoms with van der Waals surface area (Å²) in [5, 5.41) is 2.89. The summed E-state index contributed by atoms with van der Waals surface area (Å²) < 4.78 is 1.59. The van der Waals surface area contributed by atoms with Crippen LogP contribution in [0.3, 0.4) is 0 Å². The largest absolute Gasteiger partial charge is 0.321 e. The summed E-state index contributed by atoms with van der Waals surface area (Å²) in [4.78, 5) is 13.0. The van der Waals surface area contributed by atoms with E-state index in [1.165, 1.54) is 0 Å². The van der Waals surface area contributed by atoms with Crippen LogP contribution in [0.1, 0.15) is 15.9 Å². The van der Waals surface area contributed by atoms with Gasteiger partial charge < -0.3 is 5.32 Å². The maximum atomic E-state index is 12.3. The zero-order chi connectivity index (χ0) is 14.0. The van der Waals surface area contributed by atoms with E-state index >= 15 is 0 Å². The highest BCUT2D eigenvalue weighted by Crippen LogP contribution is 2.26. The molecule has 0 spiro atoms. The van der Waals surface area contributed by atoms with Crippen molar-refractivity contribution < 1.29 is 4.79 Å². The van der Waals surface area contributed by atoms with Crippen LogP contribution in [0, 0.1) is 6.92 Å². The summed E-state index contributed by atoms with van der Waals surface area (Å²) in [5.41, 5.74) is 2.39. The summed E-state index contributed by atoms with van der Waals surface area (Å²) >= 11 is 11.0. The van der Waals surface area contributed by atoms with Crippen LogP contribution in [0.15, 0.2) is 50.2 Å². The zero-order valence-electron chi connectivity index (χ0n) is 10.1. The second-order valence-electron chi connectivity index (χ2n) is 4.10. The number of rotatable bonds is 2. The predicted molar refractivity (Wildman–Crippen MR) is 88.2 cm³/mol. The van der Waals surface area contributed by atoms with Gasteiger partial charge >= 0.3 is 0 Å². The minimum atomic E-state index is -0.172. The number of thiol groups is 1. The number of hydrogen-bond acceptors (Lipinski definition) is 2. The Morgan fingerprint density at radius 1 is 1.11 bits per heavy atom. The molecule has 2 nitrogen and oxygen atoms in total. The minimum Gasteiger partial charge on any atom is -0.321 e. The van der Waals surface area contributed by atoms with E-state index in [9.17, 15) is 4.79 Å². The average Bonchev–Trinajstić information content (AvgIpc) is 2.36. The first-order valence-electron chi connectivity index (χ1n) is 5.53. The zero-order valence-corrected chi connectivity index (χ0v) is 14.1. The van der Waals surface area contributed by atoms with Crippen molar-refractivity contribution in [3.05, 3.63) is 56.5 Å². The molecule has 0 saturated carbocycles. The lowest BCUT2D eigenvalue weighted by molar-refractivity contribution is 0.102. The van der Waals surface area contributed by atoms with Crippen molar-refractivity contribution in [2.24, 2.45) is 0 Å². The molecule has 0 atom stereocenters. The number of amides is 1. The molecular weight excluding hydrogens is 390 g/mol. The van der Waals surface area contributed by atoms with Gasteiger partial charge in [-0.25, -0.2) is 0 Å². The molecular formula is C14H11Br2NOS. The molecule has 0 aromatic heterocycles. The fraction of sp³-hybridized carbons (Fsp3) is 0.0714. The Morgan fingerprint density at radius 3 is 2.53 bits per heavy atom. The maximum absolute atomic E-state index is 12.3. The van der Waals surface area contributed by atoms with Crippen molar-refractivity contribution in [2.45, 2.75) is 11.8 Å². The van der Waals surface area contributed by atoms with Crippen LogP contribution < -0.4 is 5.32 Å². The third-order valence-corrected chi connectivity index (χ3v) is 4.23. The highest BCUT2D eigenvalue weighted by atomic mass is 79.9. The van der Waals surface area contributed by atoms with Gasteiger partial charge in [0.25, 0.3) is 5.91 Å². The number of halogens is 2. The lowest BCUT2D eigenvalue weighted by Crippen LogP contribution is -2.13. The highest BCUT2D eigenvalue weighted by Gasteiger charge is 2.12. The first-order valence-corrected chi connectivity index (χ1v) is 7.56. The third kappa shape index (κ3) is 3.61. The van der Waals surface area contributed by atoms with Gasteiger partial charge in [-0.15, -0.1) is 12.6 Å². The third-order valence-electron chi connectivity index (χ3n) is 2.56. The normalized spacial score (nSPS) is 10.3. The van der Waals surface area contributed by atoms with Crippen molar-refractivity contribution in [3.8, 4) is 0 Å². The number of benzene rings is 2. The Morgan fingerprint density at radius 2 is 1.79 bits per heavy atom. The SMILES string of the molecule is Cc1ccc(Br)c(NC(=O)c2cc(S)ccc2Br)c1. The van der Waals surface area contributed by atoms with E-state index in [2.05, 4.69) is 49.8 Å². The number of carbonyl (C=O) groups excluding carboxylic acids is 1. The monoisotopic (exact) mass is 399 g/mol. The molecule has 0 aliphatic rings. The van der Waals surface area contributed by atoms with Crippen LogP contribution in [0.2, 0.25) is 0 Å². The quantitative estimate of drug-likeness (QED) is 0.677. The summed E-state index contributed by atoms with van der Waals surface area (Å²) in [5.74, 6) is -0.172. The van der Waals surface area contributed by atoms with Crippen LogP contribution in [0.5, 0.6) is 0 Å². The van der Waals surface area contributed by atoms with Gasteiger partial charge in [0.15, 0.2) is 0 Å². The molecule has 0 heterocycles. The molecule has 0 unspecified atom stereocenters. The Labute approximate surface area is 134 Å². The van der Waals surface area contributed by atoms with Crippen molar-refractivity contribution in [1.29, 1.82) is 0 Å². The Kier molecular flexibility index (Phi) is 4.71. The van der Waals surface area contributed by atoms with E-state index < -0.39 is 0 Å². The minimum absolute atomic E-state index is 0.172. The smallest absolute Gasteiger partial charge is 0.256 e. The van der Waals surface area contributed by atoms with Gasteiger partial charge in [-0.1, -0.05) is 6.07 Å². The number of aryl methyl sites for hydroxylation is 1. The highest BCUT2D eigenvalue weighted by molar-refractivity contribution is 9.11. The molecule has 1 amide bonds. The van der Waals surface area contributed by atoms with Crippen LogP contribution in [0.4, 0.5) is 5.69 Å². The number of nitrogens with one attached hydrogen (secondary N) is 1. The van der Waals surface area contributed by atoms with Gasteiger partial charge in [0.1, 0.15) is 0 Å². The number of hydrogen-bond donors (Lipinski definition) is 2. The molecule has 2 aromatic rings. The van der Waals surface area contributed by atoms with Gasteiger partial charge in [-0.3, -0.25) is 4.79 Å². The van der Waals surface area contributed by atoms with Crippen molar-refractivity contribution in [2.75, 3.05) is 5.32 Å². The standard InChI is InChI=1S/C14H11Br2NOS/c1-8-2-4-12(16)13(6-8)17-14(18)10-7-9(19)3-5-11(10)15/h2-7,19H,1H3,(H,17,18). The van der Waals surface area contributed by atoms with E-state index in [-0.39, 0.29) is 5.91 Å². The molecule has 5 heteroatoms. The Bertz CT molecular complexity index is 643. The number of anilines is 1. The van der Waals surface area contributed by atoms with E-state index in [0.29, 0.717) is 5.56 Å². The van der Waals surface area contributed by atoms with Gasteiger partial charge in [0.2, 0.25) is 0 Å². The van der Waals surface area contributed by atoms with Gasteiger partial charge in [-0.05, 0) is 74.7 Å². The summed E-state index contributed by atoms with van der Waals surface area (Å²) in [6.45, 7) is 1.98. The van der Waals surface area contributed by atoms with E-state index in [4.69, 9.17) is 0 Å². The summed E-state index contributed by atoms with van der Waals surface area (Å²) in [6, 6.07) is 11.2. The van der Waals surface area contributed by atoms with Crippen molar-refractivity contribution in [3.63, 3.8) is 0 Å². The predicted octanol–water partition coefficient (Wildman–Crippen LogP) is 5.06.